The summed E-state index contributed by atoms with van der Waals surface area (Å²) in [6.07, 6.45) is 1.71. The summed E-state index contributed by atoms with van der Waals surface area (Å²) in [7, 11) is 3.74. The van der Waals surface area contributed by atoms with E-state index in [4.69, 9.17) is 4.74 Å². The largest absolute Gasteiger partial charge is 0.376 e. The minimum Gasteiger partial charge on any atom is -0.376 e. The van der Waals surface area contributed by atoms with Crippen LogP contribution >= 0.6 is 0 Å². The van der Waals surface area contributed by atoms with Gasteiger partial charge in [-0.25, -0.2) is 0 Å². The molecule has 2 unspecified atom stereocenters. The van der Waals surface area contributed by atoms with Crippen molar-refractivity contribution in [2.24, 2.45) is 5.92 Å². The zero-order valence-corrected chi connectivity index (χ0v) is 13.6. The molecule has 1 aromatic carbocycles. The molecule has 0 spiro atoms. The van der Waals surface area contributed by atoms with E-state index in [0.717, 1.165) is 5.69 Å². The Morgan fingerprint density at radius 2 is 2.17 bits per heavy atom. The number of ether oxygens (including phenoxy) is 1. The monoisotopic (exact) mass is 332 g/mol. The molecule has 1 fully saturated rings. The van der Waals surface area contributed by atoms with E-state index < -0.39 is 23.7 Å². The van der Waals surface area contributed by atoms with Gasteiger partial charge in [0.2, 0.25) is 5.78 Å². The second-order valence-electron chi connectivity index (χ2n) is 6.65. The molecule has 1 aliphatic carbocycles. The molecule has 126 valence electrons. The number of carbonyl (C=O) groups is 1. The van der Waals surface area contributed by atoms with Gasteiger partial charge in [0.1, 0.15) is 0 Å². The first-order valence-electron chi connectivity index (χ1n) is 8.06. The molecule has 2 heterocycles. The maximum Gasteiger partial charge on any atom is 0.315 e. The first-order chi connectivity index (χ1) is 11.4. The highest BCUT2D eigenvalue weighted by molar-refractivity contribution is 6.15. The molecule has 0 bridgehead atoms. The second-order valence-corrected chi connectivity index (χ2v) is 6.65. The summed E-state index contributed by atoms with van der Waals surface area (Å²) in [6.45, 7) is 0.438. The fourth-order valence-corrected chi connectivity index (χ4v) is 3.87. The van der Waals surface area contributed by atoms with Gasteiger partial charge in [-0.15, -0.1) is 0 Å². The van der Waals surface area contributed by atoms with Crippen LogP contribution in [0.2, 0.25) is 0 Å². The summed E-state index contributed by atoms with van der Waals surface area (Å²) in [5.41, 5.74) is 1.99. The zero-order valence-electron chi connectivity index (χ0n) is 13.6. The van der Waals surface area contributed by atoms with Crippen molar-refractivity contribution in [1.82, 2.24) is 4.98 Å². The molecule has 4 nitrogen and oxygen atoms in total. The number of alkyl halides is 2. The number of pyridine rings is 1. The van der Waals surface area contributed by atoms with Crippen molar-refractivity contribution >= 4 is 22.4 Å². The number of hydrogen-bond acceptors (Lipinski definition) is 4. The molecule has 1 saturated heterocycles. The summed E-state index contributed by atoms with van der Waals surface area (Å²) in [6, 6.07) is 5.15. The third kappa shape index (κ3) is 1.99. The normalized spacial score (nSPS) is 25.2. The Bertz CT molecular complexity index is 835. The van der Waals surface area contributed by atoms with Gasteiger partial charge >= 0.3 is 5.92 Å². The number of anilines is 1. The van der Waals surface area contributed by atoms with Crippen LogP contribution in [0.1, 0.15) is 34.9 Å². The summed E-state index contributed by atoms with van der Waals surface area (Å²) < 4.78 is 35.2. The van der Waals surface area contributed by atoms with Crippen molar-refractivity contribution in [3.05, 3.63) is 35.5 Å². The third-order valence-corrected chi connectivity index (χ3v) is 5.01. The predicted octanol–water partition coefficient (Wildman–Crippen LogP) is 3.60. The number of fused-ring (bicyclic) bond motifs is 5. The lowest BCUT2D eigenvalue weighted by Gasteiger charge is -2.41. The molecule has 2 aromatic rings. The van der Waals surface area contributed by atoms with E-state index in [-0.39, 0.29) is 5.56 Å². The maximum atomic E-state index is 14.7. The Labute approximate surface area is 138 Å². The van der Waals surface area contributed by atoms with Crippen molar-refractivity contribution in [3.63, 3.8) is 0 Å². The molecule has 1 aliphatic heterocycles. The van der Waals surface area contributed by atoms with Crippen LogP contribution in [0.25, 0.3) is 10.9 Å². The number of benzene rings is 1. The number of hydrogen-bond donors (Lipinski definition) is 0. The summed E-state index contributed by atoms with van der Waals surface area (Å²) >= 11 is 0. The zero-order chi connectivity index (χ0) is 17.1. The van der Waals surface area contributed by atoms with E-state index >= 15 is 0 Å². The Balaban J connectivity index is 2.07. The average Bonchev–Trinajstić information content (AvgIpc) is 2.58. The lowest BCUT2D eigenvalue weighted by molar-refractivity contribution is -0.130. The van der Waals surface area contributed by atoms with Crippen LogP contribution in [0.5, 0.6) is 0 Å². The second kappa shape index (κ2) is 5.21. The van der Waals surface area contributed by atoms with Gasteiger partial charge in [-0.3, -0.25) is 9.78 Å². The van der Waals surface area contributed by atoms with E-state index in [1.54, 1.807) is 24.4 Å². The molecule has 0 N–H and O–H groups in total. The van der Waals surface area contributed by atoms with Gasteiger partial charge < -0.3 is 9.64 Å². The number of carbonyl (C=O) groups excluding carboxylic acids is 1. The van der Waals surface area contributed by atoms with Gasteiger partial charge in [-0.1, -0.05) is 6.07 Å². The van der Waals surface area contributed by atoms with Crippen LogP contribution in [-0.4, -0.2) is 37.4 Å². The van der Waals surface area contributed by atoms with Crippen LogP contribution in [0, 0.1) is 5.92 Å². The SMILES string of the molecule is CN(C)c1cc2c(c3cccnc13)C(=O)C(F)(F)C1CCCOC21. The van der Waals surface area contributed by atoms with Crippen molar-refractivity contribution in [2.45, 2.75) is 24.9 Å². The number of rotatable bonds is 1. The van der Waals surface area contributed by atoms with E-state index in [0.29, 0.717) is 35.9 Å². The Kier molecular flexibility index (Phi) is 3.35. The summed E-state index contributed by atoms with van der Waals surface area (Å²) in [5.74, 6) is -5.59. The van der Waals surface area contributed by atoms with Crippen LogP contribution < -0.4 is 4.90 Å². The first kappa shape index (κ1) is 15.4. The number of halogens is 2. The molecule has 6 heteroatoms. The van der Waals surface area contributed by atoms with E-state index in [2.05, 4.69) is 4.98 Å². The maximum absolute atomic E-state index is 14.7. The van der Waals surface area contributed by atoms with Crippen molar-refractivity contribution in [1.29, 1.82) is 0 Å². The fraction of sp³-hybridized carbons (Fsp3) is 0.444. The highest BCUT2D eigenvalue weighted by atomic mass is 19.3. The fourth-order valence-electron chi connectivity index (χ4n) is 3.87. The van der Waals surface area contributed by atoms with Crippen LogP contribution in [0.15, 0.2) is 24.4 Å². The molecule has 2 atom stereocenters. The number of aromatic nitrogens is 1. The Morgan fingerprint density at radius 1 is 1.38 bits per heavy atom. The number of nitrogens with zero attached hydrogens (tertiary/aromatic N) is 2. The smallest absolute Gasteiger partial charge is 0.315 e. The van der Waals surface area contributed by atoms with Gasteiger partial charge in [0.05, 0.1) is 23.2 Å². The molecule has 2 aliphatic rings. The first-order valence-corrected chi connectivity index (χ1v) is 8.06. The lowest BCUT2D eigenvalue weighted by atomic mass is 9.73. The lowest BCUT2D eigenvalue weighted by Crippen LogP contribution is -2.47. The average molecular weight is 332 g/mol. The van der Waals surface area contributed by atoms with Gasteiger partial charge in [-0.05, 0) is 30.5 Å². The molecule has 1 aromatic heterocycles. The van der Waals surface area contributed by atoms with Crippen molar-refractivity contribution in [2.75, 3.05) is 25.6 Å². The number of Topliss-reactive ketones (excluding diaryl/α,β-unsaturated/α-hetero) is 1. The van der Waals surface area contributed by atoms with E-state index in [1.807, 2.05) is 19.0 Å². The predicted molar refractivity (Wildman–Crippen MR) is 86.8 cm³/mol. The highest BCUT2D eigenvalue weighted by Crippen LogP contribution is 2.52. The van der Waals surface area contributed by atoms with Crippen LogP contribution in [0.4, 0.5) is 14.5 Å². The molecular formula is C18H18F2N2O2. The molecule has 4 rings (SSSR count). The van der Waals surface area contributed by atoms with Crippen LogP contribution in [-0.2, 0) is 4.74 Å². The number of ketones is 1. The van der Waals surface area contributed by atoms with Crippen LogP contribution in [0.3, 0.4) is 0 Å². The Hall–Kier alpha value is -2.08. The quantitative estimate of drug-likeness (QED) is 0.800. The van der Waals surface area contributed by atoms with Crippen molar-refractivity contribution < 1.29 is 18.3 Å². The van der Waals surface area contributed by atoms with E-state index in [1.165, 1.54) is 0 Å². The van der Waals surface area contributed by atoms with Gasteiger partial charge in [-0.2, -0.15) is 8.78 Å². The Morgan fingerprint density at radius 3 is 2.92 bits per heavy atom. The molecule has 24 heavy (non-hydrogen) atoms. The minimum absolute atomic E-state index is 0.0665. The van der Waals surface area contributed by atoms with Crippen molar-refractivity contribution in [3.8, 4) is 0 Å². The minimum atomic E-state index is -3.40. The topological polar surface area (TPSA) is 42.4 Å². The summed E-state index contributed by atoms with van der Waals surface area (Å²) in [5, 5.41) is 0.469. The highest BCUT2D eigenvalue weighted by Gasteiger charge is 2.57. The molecule has 0 saturated carbocycles. The van der Waals surface area contributed by atoms with Gasteiger partial charge in [0, 0.05) is 37.8 Å². The molecular weight excluding hydrogens is 314 g/mol. The van der Waals surface area contributed by atoms with Gasteiger partial charge in [0.15, 0.2) is 0 Å². The third-order valence-electron chi connectivity index (χ3n) is 5.01. The molecule has 0 amide bonds. The van der Waals surface area contributed by atoms with E-state index in [9.17, 15) is 13.6 Å². The van der Waals surface area contributed by atoms with Gasteiger partial charge in [0.25, 0.3) is 0 Å². The molecule has 0 radical (unpaired) electrons. The summed E-state index contributed by atoms with van der Waals surface area (Å²) in [4.78, 5) is 18.8. The standard InChI is InChI=1S/C18H18F2N2O2/c1-22(2)13-9-11-14(10-5-3-7-21-15(10)13)17(23)18(19,20)12-6-4-8-24-16(11)12/h3,5,7,9,12,16H,4,6,8H2,1-2H3.